The van der Waals surface area contributed by atoms with Gasteiger partial charge >= 0.3 is 0 Å². The van der Waals surface area contributed by atoms with Crippen molar-refractivity contribution in [3.63, 3.8) is 0 Å². The van der Waals surface area contributed by atoms with Crippen LogP contribution in [0.15, 0.2) is 54.9 Å². The molecule has 0 unspecified atom stereocenters. The van der Waals surface area contributed by atoms with Crippen LogP contribution in [0.5, 0.6) is 0 Å². The van der Waals surface area contributed by atoms with Crippen molar-refractivity contribution in [1.82, 2.24) is 9.88 Å². The van der Waals surface area contributed by atoms with Crippen molar-refractivity contribution in [2.24, 2.45) is 0 Å². The highest BCUT2D eigenvalue weighted by Gasteiger charge is 2.34. The zero-order valence-electron chi connectivity index (χ0n) is 13.2. The molecule has 1 aromatic carbocycles. The van der Waals surface area contributed by atoms with E-state index in [0.29, 0.717) is 18.7 Å². The van der Waals surface area contributed by atoms with Crippen molar-refractivity contribution >= 4 is 5.91 Å². The van der Waals surface area contributed by atoms with Crippen molar-refractivity contribution in [3.05, 3.63) is 66.0 Å². The third-order valence-corrected chi connectivity index (χ3v) is 4.43. The van der Waals surface area contributed by atoms with Crippen molar-refractivity contribution < 1.29 is 9.90 Å². The molecular formula is C19H22N2O2. The van der Waals surface area contributed by atoms with E-state index in [9.17, 15) is 9.90 Å². The molecule has 0 bridgehead atoms. The fourth-order valence-corrected chi connectivity index (χ4v) is 3.22. The number of aromatic nitrogens is 1. The number of carbonyl (C=O) groups excluding carboxylic acids is 1. The number of benzene rings is 1. The van der Waals surface area contributed by atoms with Crippen molar-refractivity contribution in [1.29, 1.82) is 0 Å². The number of nitrogens with zero attached hydrogens (tertiary/aromatic N) is 2. The second-order valence-corrected chi connectivity index (χ2v) is 6.32. The molecule has 0 aliphatic heterocycles. The first-order chi connectivity index (χ1) is 11.2. The van der Waals surface area contributed by atoms with Gasteiger partial charge in [-0.15, -0.1) is 0 Å². The largest absolute Gasteiger partial charge is 0.388 e. The van der Waals surface area contributed by atoms with E-state index >= 15 is 0 Å². The first-order valence-corrected chi connectivity index (χ1v) is 8.12. The van der Waals surface area contributed by atoms with Gasteiger partial charge in [0.15, 0.2) is 0 Å². The van der Waals surface area contributed by atoms with E-state index < -0.39 is 5.60 Å². The number of amides is 1. The Hall–Kier alpha value is -2.20. The standard InChI is InChI=1S/C19H22N2O2/c22-18(17-9-6-12-20-13-17)21(14-16-7-2-1-3-8-16)15-19(23)10-4-5-11-19/h1-3,6-9,12-13,23H,4-5,10-11,14-15H2. The Morgan fingerprint density at radius 3 is 2.52 bits per heavy atom. The van der Waals surface area contributed by atoms with E-state index in [4.69, 9.17) is 0 Å². The highest BCUT2D eigenvalue weighted by atomic mass is 16.3. The molecule has 4 heteroatoms. The number of carbonyl (C=O) groups is 1. The van der Waals surface area contributed by atoms with Crippen LogP contribution in [0.1, 0.15) is 41.6 Å². The molecule has 1 aromatic heterocycles. The van der Waals surface area contributed by atoms with Crippen LogP contribution in [-0.2, 0) is 6.54 Å². The monoisotopic (exact) mass is 310 g/mol. The molecule has 1 N–H and O–H groups in total. The molecule has 1 aliphatic carbocycles. The molecule has 2 aromatic rings. The minimum Gasteiger partial charge on any atom is -0.388 e. The van der Waals surface area contributed by atoms with Gasteiger partial charge in [-0.2, -0.15) is 0 Å². The van der Waals surface area contributed by atoms with E-state index in [2.05, 4.69) is 4.98 Å². The van der Waals surface area contributed by atoms with Crippen LogP contribution in [0.3, 0.4) is 0 Å². The molecule has 1 amide bonds. The molecule has 0 radical (unpaired) electrons. The topological polar surface area (TPSA) is 53.4 Å². The molecule has 0 atom stereocenters. The second-order valence-electron chi connectivity index (χ2n) is 6.32. The van der Waals surface area contributed by atoms with Crippen LogP contribution >= 0.6 is 0 Å². The number of rotatable bonds is 5. The number of aliphatic hydroxyl groups is 1. The maximum absolute atomic E-state index is 12.9. The zero-order valence-corrected chi connectivity index (χ0v) is 13.2. The van der Waals surface area contributed by atoms with Gasteiger partial charge in [-0.25, -0.2) is 0 Å². The lowest BCUT2D eigenvalue weighted by atomic mass is 10.0. The normalized spacial score (nSPS) is 16.2. The van der Waals surface area contributed by atoms with Gasteiger partial charge in [0.05, 0.1) is 17.7 Å². The van der Waals surface area contributed by atoms with E-state index in [0.717, 1.165) is 31.2 Å². The fourth-order valence-electron chi connectivity index (χ4n) is 3.22. The molecule has 4 nitrogen and oxygen atoms in total. The summed E-state index contributed by atoms with van der Waals surface area (Å²) >= 11 is 0. The molecule has 1 saturated carbocycles. The lowest BCUT2D eigenvalue weighted by Gasteiger charge is -2.31. The van der Waals surface area contributed by atoms with Crippen LogP contribution in [0.2, 0.25) is 0 Å². The maximum atomic E-state index is 12.9. The van der Waals surface area contributed by atoms with Gasteiger partial charge in [0.2, 0.25) is 0 Å². The lowest BCUT2D eigenvalue weighted by molar-refractivity contribution is 0.00784. The van der Waals surface area contributed by atoms with Crippen LogP contribution < -0.4 is 0 Å². The van der Waals surface area contributed by atoms with Gasteiger partial charge in [0, 0.05) is 18.9 Å². The van der Waals surface area contributed by atoms with Crippen LogP contribution in [0.4, 0.5) is 0 Å². The molecule has 23 heavy (non-hydrogen) atoms. The molecule has 3 rings (SSSR count). The quantitative estimate of drug-likeness (QED) is 0.923. The van der Waals surface area contributed by atoms with E-state index in [1.807, 2.05) is 30.3 Å². The number of hydrogen-bond donors (Lipinski definition) is 1. The fraction of sp³-hybridized carbons (Fsp3) is 0.368. The predicted molar refractivity (Wildman–Crippen MR) is 88.8 cm³/mol. The summed E-state index contributed by atoms with van der Waals surface area (Å²) in [6.45, 7) is 0.868. The number of pyridine rings is 1. The summed E-state index contributed by atoms with van der Waals surface area (Å²) in [7, 11) is 0. The van der Waals surface area contributed by atoms with E-state index in [1.165, 1.54) is 0 Å². The lowest BCUT2D eigenvalue weighted by Crippen LogP contribution is -2.43. The first kappa shape index (κ1) is 15.7. The Kier molecular flexibility index (Phi) is 4.72. The Morgan fingerprint density at radius 1 is 1.13 bits per heavy atom. The van der Waals surface area contributed by atoms with E-state index in [-0.39, 0.29) is 5.91 Å². The molecule has 1 fully saturated rings. The highest BCUT2D eigenvalue weighted by molar-refractivity contribution is 5.93. The summed E-state index contributed by atoms with van der Waals surface area (Å²) < 4.78 is 0. The van der Waals surface area contributed by atoms with Gasteiger partial charge in [-0.1, -0.05) is 43.2 Å². The Balaban J connectivity index is 1.82. The Bertz CT molecular complexity index is 637. The number of hydrogen-bond acceptors (Lipinski definition) is 3. The van der Waals surface area contributed by atoms with Gasteiger partial charge < -0.3 is 10.0 Å². The second kappa shape index (κ2) is 6.92. The zero-order chi connectivity index (χ0) is 16.1. The van der Waals surface area contributed by atoms with E-state index in [1.54, 1.807) is 29.4 Å². The van der Waals surface area contributed by atoms with Crippen LogP contribution in [0.25, 0.3) is 0 Å². The summed E-state index contributed by atoms with van der Waals surface area (Å²) in [6.07, 6.45) is 6.81. The Labute approximate surface area is 136 Å². The van der Waals surface area contributed by atoms with Gasteiger partial charge in [0.1, 0.15) is 0 Å². The van der Waals surface area contributed by atoms with Crippen LogP contribution in [-0.4, -0.2) is 33.0 Å². The Morgan fingerprint density at radius 2 is 1.87 bits per heavy atom. The average Bonchev–Trinajstić information content (AvgIpc) is 3.02. The summed E-state index contributed by atoms with van der Waals surface area (Å²) in [5.41, 5.74) is 0.864. The first-order valence-electron chi connectivity index (χ1n) is 8.12. The SMILES string of the molecule is O=C(c1cccnc1)N(Cc1ccccc1)CC1(O)CCCC1. The molecular weight excluding hydrogens is 288 g/mol. The van der Waals surface area contributed by atoms with Crippen molar-refractivity contribution in [2.45, 2.75) is 37.8 Å². The van der Waals surface area contributed by atoms with Gasteiger partial charge in [-0.05, 0) is 30.5 Å². The maximum Gasteiger partial charge on any atom is 0.255 e. The predicted octanol–water partition coefficient (Wildman–Crippen LogP) is 3.03. The summed E-state index contributed by atoms with van der Waals surface area (Å²) in [4.78, 5) is 18.6. The molecule has 1 aliphatic rings. The molecule has 0 saturated heterocycles. The van der Waals surface area contributed by atoms with Gasteiger partial charge in [0.25, 0.3) is 5.91 Å². The van der Waals surface area contributed by atoms with Gasteiger partial charge in [-0.3, -0.25) is 9.78 Å². The van der Waals surface area contributed by atoms with Crippen molar-refractivity contribution in [2.75, 3.05) is 6.54 Å². The third kappa shape index (κ3) is 3.96. The summed E-state index contributed by atoms with van der Waals surface area (Å²) in [5, 5.41) is 10.7. The van der Waals surface area contributed by atoms with Crippen molar-refractivity contribution in [3.8, 4) is 0 Å². The van der Waals surface area contributed by atoms with Crippen LogP contribution in [0, 0.1) is 0 Å². The highest BCUT2D eigenvalue weighted by Crippen LogP contribution is 2.31. The summed E-state index contributed by atoms with van der Waals surface area (Å²) in [6, 6.07) is 13.4. The average molecular weight is 310 g/mol. The molecule has 0 spiro atoms. The minimum absolute atomic E-state index is 0.0812. The third-order valence-electron chi connectivity index (χ3n) is 4.43. The molecule has 1 heterocycles. The smallest absolute Gasteiger partial charge is 0.255 e. The minimum atomic E-state index is -0.757. The molecule has 120 valence electrons. The summed E-state index contributed by atoms with van der Waals surface area (Å²) in [5.74, 6) is -0.0812.